The maximum Gasteiger partial charge on any atom is 0.407 e. The molecule has 40 heavy (non-hydrogen) atoms. The highest BCUT2D eigenvalue weighted by Crippen LogP contribution is 2.25. The average molecular weight is 570 g/mol. The fraction of sp³-hybridized carbons (Fsp3) is 0.345. The monoisotopic (exact) mass is 569 g/mol. The molecule has 0 aliphatic carbocycles. The number of hydrogen-bond acceptors (Lipinski definition) is 6. The molecule has 0 saturated carbocycles. The second-order valence-corrected chi connectivity index (χ2v) is 11.8. The van der Waals surface area contributed by atoms with E-state index in [9.17, 15) is 33.5 Å². The fourth-order valence-electron chi connectivity index (χ4n) is 4.41. The first-order valence-corrected chi connectivity index (χ1v) is 14.5. The number of rotatable bonds is 14. The molecule has 3 aromatic carbocycles. The summed E-state index contributed by atoms with van der Waals surface area (Å²) in [5.74, 6) is 0.245. The number of nitrogens with zero attached hydrogens (tertiary/aromatic N) is 2. The van der Waals surface area contributed by atoms with E-state index in [1.165, 1.54) is 12.1 Å². The van der Waals surface area contributed by atoms with Gasteiger partial charge in [-0.15, -0.1) is 0 Å². The molecule has 0 bridgehead atoms. The van der Waals surface area contributed by atoms with Gasteiger partial charge in [0, 0.05) is 25.2 Å². The molecular weight excluding hydrogens is 534 g/mol. The molecule has 3 N–H and O–H groups in total. The van der Waals surface area contributed by atoms with Crippen LogP contribution < -0.4 is 4.72 Å². The lowest BCUT2D eigenvalue weighted by molar-refractivity contribution is -0.385. The van der Waals surface area contributed by atoms with Crippen molar-refractivity contribution in [3.05, 3.63) is 106 Å². The van der Waals surface area contributed by atoms with E-state index in [4.69, 9.17) is 0 Å². The van der Waals surface area contributed by atoms with Crippen molar-refractivity contribution >= 4 is 21.8 Å². The number of aryl methyl sites for hydroxylation is 1. The lowest BCUT2D eigenvalue weighted by Crippen LogP contribution is -2.51. The minimum Gasteiger partial charge on any atom is -0.465 e. The molecule has 11 heteroatoms. The van der Waals surface area contributed by atoms with Gasteiger partial charge in [-0.2, -0.15) is 0 Å². The Kier molecular flexibility index (Phi) is 10.8. The van der Waals surface area contributed by atoms with Crippen molar-refractivity contribution in [2.45, 2.75) is 56.7 Å². The van der Waals surface area contributed by atoms with Gasteiger partial charge >= 0.3 is 6.09 Å². The molecule has 0 heterocycles. The second kappa shape index (κ2) is 14.0. The summed E-state index contributed by atoms with van der Waals surface area (Å²) < 4.78 is 29.1. The topological polar surface area (TPSA) is 150 Å². The van der Waals surface area contributed by atoms with Crippen molar-refractivity contribution in [2.24, 2.45) is 5.92 Å². The third-order valence-corrected chi connectivity index (χ3v) is 8.12. The third kappa shape index (κ3) is 8.60. The summed E-state index contributed by atoms with van der Waals surface area (Å²) in [4.78, 5) is 24.1. The van der Waals surface area contributed by atoms with Gasteiger partial charge in [-0.3, -0.25) is 15.0 Å². The fourth-order valence-corrected chi connectivity index (χ4v) is 5.71. The number of amides is 1. The van der Waals surface area contributed by atoms with E-state index in [0.717, 1.165) is 22.1 Å². The van der Waals surface area contributed by atoms with Gasteiger partial charge in [0.25, 0.3) is 5.69 Å². The van der Waals surface area contributed by atoms with Crippen LogP contribution in [0.5, 0.6) is 0 Å². The van der Waals surface area contributed by atoms with Crippen molar-refractivity contribution < 1.29 is 28.3 Å². The molecule has 0 aliphatic heterocycles. The standard InChI is InChI=1S/C29H35N3O7S/c1-21(2)13-14-24-18-25(32(36)37)15-16-28(24)40(38,39)30-19-27(33)26(17-22-9-5-3-6-10-22)31(29(34)35)20-23-11-7-4-8-12-23/h3-12,15-16,18,21,26-27,30,33H,13-14,17,19-20H2,1-2H3,(H,34,35)/t26?,27-/m1/s1. The van der Waals surface area contributed by atoms with Gasteiger partial charge in [0.15, 0.2) is 0 Å². The number of carbonyl (C=O) groups is 1. The molecule has 214 valence electrons. The molecule has 0 radical (unpaired) electrons. The van der Waals surface area contributed by atoms with E-state index >= 15 is 0 Å². The molecule has 0 aliphatic rings. The summed E-state index contributed by atoms with van der Waals surface area (Å²) in [7, 11) is -4.19. The summed E-state index contributed by atoms with van der Waals surface area (Å²) in [6, 6.07) is 20.6. The first-order chi connectivity index (χ1) is 19.0. The first-order valence-electron chi connectivity index (χ1n) is 13.0. The molecule has 1 unspecified atom stereocenters. The number of nitro groups is 1. The van der Waals surface area contributed by atoms with Crippen LogP contribution in [0.15, 0.2) is 83.8 Å². The van der Waals surface area contributed by atoms with Gasteiger partial charge < -0.3 is 10.2 Å². The number of carboxylic acid groups (broad SMARTS) is 1. The van der Waals surface area contributed by atoms with Gasteiger partial charge in [-0.1, -0.05) is 74.5 Å². The van der Waals surface area contributed by atoms with E-state index < -0.39 is 39.7 Å². The van der Waals surface area contributed by atoms with E-state index in [2.05, 4.69) is 4.72 Å². The molecule has 0 fully saturated rings. The number of sulfonamides is 1. The summed E-state index contributed by atoms with van der Waals surface area (Å²) in [6.07, 6.45) is -1.55. The zero-order chi connectivity index (χ0) is 29.3. The van der Waals surface area contributed by atoms with Gasteiger partial charge in [-0.05, 0) is 47.9 Å². The van der Waals surface area contributed by atoms with E-state index in [0.29, 0.717) is 18.4 Å². The SMILES string of the molecule is CC(C)CCc1cc([N+](=O)[O-])ccc1S(=O)(=O)NC[C@@H](O)C(Cc1ccccc1)N(Cc1ccccc1)C(=O)O. The average Bonchev–Trinajstić information content (AvgIpc) is 2.93. The molecular formula is C29H35N3O7S. The Morgan fingerprint density at radius 1 is 1.00 bits per heavy atom. The summed E-state index contributed by atoms with van der Waals surface area (Å²) in [6.45, 7) is 3.48. The highest BCUT2D eigenvalue weighted by atomic mass is 32.2. The molecule has 0 aromatic heterocycles. The van der Waals surface area contributed by atoms with E-state index in [-0.39, 0.29) is 29.5 Å². The summed E-state index contributed by atoms with van der Waals surface area (Å²) >= 11 is 0. The Hall–Kier alpha value is -3.80. The van der Waals surface area contributed by atoms with Crippen LogP contribution in [0.3, 0.4) is 0 Å². The normalized spacial score (nSPS) is 13.1. The Morgan fingerprint density at radius 3 is 2.15 bits per heavy atom. The number of nitrogens with one attached hydrogen (secondary N) is 1. The van der Waals surface area contributed by atoms with Gasteiger partial charge in [-0.25, -0.2) is 17.9 Å². The predicted molar refractivity (Wildman–Crippen MR) is 151 cm³/mol. The van der Waals surface area contributed by atoms with Crippen LogP contribution in [-0.4, -0.2) is 53.2 Å². The van der Waals surface area contributed by atoms with Crippen LogP contribution in [0, 0.1) is 16.0 Å². The van der Waals surface area contributed by atoms with Crippen LogP contribution in [-0.2, 0) is 29.4 Å². The number of nitro benzene ring substituents is 1. The van der Waals surface area contributed by atoms with Crippen molar-refractivity contribution in [1.82, 2.24) is 9.62 Å². The molecule has 0 spiro atoms. The Balaban J connectivity index is 1.88. The number of aliphatic hydroxyl groups excluding tert-OH is 1. The smallest absolute Gasteiger partial charge is 0.407 e. The van der Waals surface area contributed by atoms with Crippen molar-refractivity contribution in [1.29, 1.82) is 0 Å². The number of benzene rings is 3. The van der Waals surface area contributed by atoms with Gasteiger partial charge in [0.1, 0.15) is 0 Å². The van der Waals surface area contributed by atoms with Gasteiger partial charge in [0.2, 0.25) is 10.0 Å². The minimum absolute atomic E-state index is 0.000807. The zero-order valence-electron chi connectivity index (χ0n) is 22.5. The van der Waals surface area contributed by atoms with Crippen molar-refractivity contribution in [3.63, 3.8) is 0 Å². The quantitative estimate of drug-likeness (QED) is 0.189. The molecule has 1 amide bonds. The Bertz CT molecular complexity index is 1380. The third-order valence-electron chi connectivity index (χ3n) is 6.59. The van der Waals surface area contributed by atoms with Crippen molar-refractivity contribution in [3.8, 4) is 0 Å². The number of hydrogen-bond donors (Lipinski definition) is 3. The highest BCUT2D eigenvalue weighted by Gasteiger charge is 2.32. The van der Waals surface area contributed by atoms with E-state index in [1.54, 1.807) is 36.4 Å². The van der Waals surface area contributed by atoms with Crippen LogP contribution in [0.1, 0.15) is 37.0 Å². The Labute approximate surface area is 234 Å². The first kappa shape index (κ1) is 30.7. The molecule has 3 rings (SSSR count). The number of non-ortho nitro benzene ring substituents is 1. The zero-order valence-corrected chi connectivity index (χ0v) is 23.3. The maximum atomic E-state index is 13.3. The molecule has 10 nitrogen and oxygen atoms in total. The molecule has 2 atom stereocenters. The highest BCUT2D eigenvalue weighted by molar-refractivity contribution is 7.89. The minimum atomic E-state index is -4.19. The summed E-state index contributed by atoms with van der Waals surface area (Å²) in [5.41, 5.74) is 1.59. The van der Waals surface area contributed by atoms with Crippen LogP contribution >= 0.6 is 0 Å². The van der Waals surface area contributed by atoms with Gasteiger partial charge in [0.05, 0.1) is 22.0 Å². The molecule has 0 saturated heterocycles. The van der Waals surface area contributed by atoms with Crippen molar-refractivity contribution in [2.75, 3.05) is 6.54 Å². The largest absolute Gasteiger partial charge is 0.465 e. The maximum absolute atomic E-state index is 13.3. The Morgan fingerprint density at radius 2 is 1.60 bits per heavy atom. The number of aliphatic hydroxyl groups is 1. The lowest BCUT2D eigenvalue weighted by Gasteiger charge is -2.33. The van der Waals surface area contributed by atoms with Crippen LogP contribution in [0.4, 0.5) is 10.5 Å². The summed E-state index contributed by atoms with van der Waals surface area (Å²) in [5, 5.41) is 32.6. The van der Waals surface area contributed by atoms with E-state index in [1.807, 2.05) is 38.1 Å². The van der Waals surface area contributed by atoms with Crippen LogP contribution in [0.25, 0.3) is 0 Å². The second-order valence-electron chi connectivity index (χ2n) is 10.1. The molecule has 3 aromatic rings. The van der Waals surface area contributed by atoms with Crippen LogP contribution in [0.2, 0.25) is 0 Å². The predicted octanol–water partition coefficient (Wildman–Crippen LogP) is 4.61. The lowest BCUT2D eigenvalue weighted by atomic mass is 9.99.